The number of rotatable bonds is 7. The molecule has 2 N–H and O–H groups in total. The molecule has 1 rings (SSSR count). The molecule has 0 aliphatic carbocycles. The van der Waals surface area contributed by atoms with Gasteiger partial charge in [0.05, 0.1) is 4.92 Å². The number of hydrogen-bond acceptors (Lipinski definition) is 4. The summed E-state index contributed by atoms with van der Waals surface area (Å²) < 4.78 is 0. The smallest absolute Gasteiger partial charge is 0.315 e. The van der Waals surface area contributed by atoms with E-state index >= 15 is 0 Å². The highest BCUT2D eigenvalue weighted by atomic mass is 16.6. The van der Waals surface area contributed by atoms with Crippen molar-refractivity contribution >= 4 is 17.1 Å². The van der Waals surface area contributed by atoms with Crippen molar-refractivity contribution in [1.82, 2.24) is 0 Å². The number of hydrogen-bond donors (Lipinski definition) is 2. The van der Waals surface area contributed by atoms with Gasteiger partial charge in [0.1, 0.15) is 11.4 Å². The van der Waals surface area contributed by atoms with E-state index in [2.05, 4.69) is 31.4 Å². The van der Waals surface area contributed by atoms with Crippen LogP contribution in [0, 0.1) is 16.0 Å². The van der Waals surface area contributed by atoms with Crippen LogP contribution in [-0.2, 0) is 0 Å². The summed E-state index contributed by atoms with van der Waals surface area (Å²) in [6.45, 7) is 8.89. The van der Waals surface area contributed by atoms with Crippen molar-refractivity contribution in [3.8, 4) is 0 Å². The zero-order chi connectivity index (χ0) is 14.4. The van der Waals surface area contributed by atoms with Crippen LogP contribution < -0.4 is 10.6 Å². The quantitative estimate of drug-likeness (QED) is 0.580. The highest BCUT2D eigenvalue weighted by Crippen LogP contribution is 2.33. The Balaban J connectivity index is 3.12. The number of nitro groups is 1. The number of anilines is 2. The van der Waals surface area contributed by atoms with Gasteiger partial charge in [-0.05, 0) is 31.4 Å². The molecule has 0 heterocycles. The van der Waals surface area contributed by atoms with Crippen LogP contribution in [0.5, 0.6) is 0 Å². The minimum Gasteiger partial charge on any atom is -0.380 e. The van der Waals surface area contributed by atoms with Gasteiger partial charge in [-0.3, -0.25) is 10.1 Å². The molecule has 1 unspecified atom stereocenters. The average Bonchev–Trinajstić information content (AvgIpc) is 2.35. The molecule has 0 bridgehead atoms. The molecule has 1 aromatic rings. The number of para-hydroxylation sites is 1. The third-order valence-corrected chi connectivity index (χ3v) is 3.17. The summed E-state index contributed by atoms with van der Waals surface area (Å²) in [5, 5.41) is 17.6. The molecule has 0 amide bonds. The third kappa shape index (κ3) is 3.84. The molecule has 106 valence electrons. The van der Waals surface area contributed by atoms with E-state index in [4.69, 9.17) is 0 Å². The summed E-state index contributed by atoms with van der Waals surface area (Å²) in [6.07, 6.45) is 0.931. The van der Waals surface area contributed by atoms with E-state index in [-0.39, 0.29) is 16.7 Å². The minimum atomic E-state index is -0.326. The Morgan fingerprint density at radius 3 is 2.37 bits per heavy atom. The lowest BCUT2D eigenvalue weighted by Crippen LogP contribution is -2.25. The second kappa shape index (κ2) is 6.97. The lowest BCUT2D eigenvalue weighted by Gasteiger charge is -2.22. The molecular formula is C14H23N3O2. The molecule has 0 radical (unpaired) electrons. The van der Waals surface area contributed by atoms with Gasteiger partial charge < -0.3 is 10.6 Å². The molecule has 1 atom stereocenters. The molecule has 0 saturated heterocycles. The first-order chi connectivity index (χ1) is 9.01. The standard InChI is InChI=1S/C14H23N3O2/c1-5-11(10(3)4)16-13-9-7-8-12(15-6-2)14(13)17(18)19/h7-11,15-16H,5-6H2,1-4H3. The van der Waals surface area contributed by atoms with Gasteiger partial charge in [0, 0.05) is 12.6 Å². The van der Waals surface area contributed by atoms with Gasteiger partial charge in [-0.25, -0.2) is 0 Å². The average molecular weight is 265 g/mol. The van der Waals surface area contributed by atoms with Gasteiger partial charge in [-0.1, -0.05) is 26.8 Å². The number of nitro benzene ring substituents is 1. The van der Waals surface area contributed by atoms with Crippen molar-refractivity contribution in [3.63, 3.8) is 0 Å². The summed E-state index contributed by atoms with van der Waals surface area (Å²) in [7, 11) is 0. The number of benzene rings is 1. The summed E-state index contributed by atoms with van der Waals surface area (Å²) >= 11 is 0. The second-order valence-electron chi connectivity index (χ2n) is 4.89. The van der Waals surface area contributed by atoms with E-state index in [0.717, 1.165) is 6.42 Å². The Bertz CT molecular complexity index is 433. The van der Waals surface area contributed by atoms with Crippen LogP contribution in [0.4, 0.5) is 17.1 Å². The maximum atomic E-state index is 11.3. The summed E-state index contributed by atoms with van der Waals surface area (Å²) in [5.41, 5.74) is 1.28. The third-order valence-electron chi connectivity index (χ3n) is 3.17. The molecule has 1 aromatic carbocycles. The molecule has 0 spiro atoms. The zero-order valence-electron chi connectivity index (χ0n) is 12.1. The zero-order valence-corrected chi connectivity index (χ0v) is 12.1. The lowest BCUT2D eigenvalue weighted by molar-refractivity contribution is -0.383. The Labute approximate surface area is 114 Å². The molecule has 19 heavy (non-hydrogen) atoms. The predicted octanol–water partition coefficient (Wildman–Crippen LogP) is 3.87. The first kappa shape index (κ1) is 15.3. The Hall–Kier alpha value is -1.78. The van der Waals surface area contributed by atoms with Gasteiger partial charge in [-0.15, -0.1) is 0 Å². The van der Waals surface area contributed by atoms with Crippen molar-refractivity contribution in [2.24, 2.45) is 5.92 Å². The SMILES string of the molecule is CCNc1cccc(NC(CC)C(C)C)c1[N+](=O)[O-]. The molecular weight excluding hydrogens is 242 g/mol. The normalized spacial score (nSPS) is 12.3. The van der Waals surface area contributed by atoms with Gasteiger partial charge in [0.15, 0.2) is 0 Å². The van der Waals surface area contributed by atoms with Crippen LogP contribution in [0.2, 0.25) is 0 Å². The van der Waals surface area contributed by atoms with Crippen LogP contribution in [0.1, 0.15) is 34.1 Å². The van der Waals surface area contributed by atoms with E-state index in [0.29, 0.717) is 23.8 Å². The van der Waals surface area contributed by atoms with E-state index in [1.807, 2.05) is 13.0 Å². The minimum absolute atomic E-state index is 0.128. The molecule has 5 heteroatoms. The van der Waals surface area contributed by atoms with E-state index in [1.54, 1.807) is 12.1 Å². The topological polar surface area (TPSA) is 67.2 Å². The maximum Gasteiger partial charge on any atom is 0.315 e. The first-order valence-corrected chi connectivity index (χ1v) is 6.79. The van der Waals surface area contributed by atoms with Crippen molar-refractivity contribution in [1.29, 1.82) is 0 Å². The lowest BCUT2D eigenvalue weighted by atomic mass is 10.0. The van der Waals surface area contributed by atoms with Gasteiger partial charge in [0.25, 0.3) is 0 Å². The monoisotopic (exact) mass is 265 g/mol. The predicted molar refractivity (Wildman–Crippen MR) is 79.8 cm³/mol. The van der Waals surface area contributed by atoms with Crippen molar-refractivity contribution < 1.29 is 4.92 Å². The van der Waals surface area contributed by atoms with Crippen LogP contribution in [0.15, 0.2) is 18.2 Å². The molecule has 0 aromatic heterocycles. The van der Waals surface area contributed by atoms with Gasteiger partial charge in [0.2, 0.25) is 0 Å². The molecule has 0 aliphatic heterocycles. The molecule has 0 fully saturated rings. The molecule has 5 nitrogen and oxygen atoms in total. The second-order valence-corrected chi connectivity index (χ2v) is 4.89. The van der Waals surface area contributed by atoms with E-state index in [9.17, 15) is 10.1 Å². The highest BCUT2D eigenvalue weighted by Gasteiger charge is 2.21. The fourth-order valence-electron chi connectivity index (χ4n) is 2.13. The largest absolute Gasteiger partial charge is 0.380 e. The van der Waals surface area contributed by atoms with Crippen LogP contribution in [0.25, 0.3) is 0 Å². The molecule has 0 aliphatic rings. The van der Waals surface area contributed by atoms with Crippen LogP contribution >= 0.6 is 0 Å². The fraction of sp³-hybridized carbons (Fsp3) is 0.571. The van der Waals surface area contributed by atoms with Crippen LogP contribution in [-0.4, -0.2) is 17.5 Å². The van der Waals surface area contributed by atoms with E-state index in [1.165, 1.54) is 0 Å². The summed E-state index contributed by atoms with van der Waals surface area (Å²) in [4.78, 5) is 11.0. The Kier molecular flexibility index (Phi) is 5.60. The number of nitrogens with one attached hydrogen (secondary N) is 2. The van der Waals surface area contributed by atoms with Crippen molar-refractivity contribution in [2.75, 3.05) is 17.2 Å². The number of nitrogens with zero attached hydrogens (tertiary/aromatic N) is 1. The van der Waals surface area contributed by atoms with Gasteiger partial charge >= 0.3 is 5.69 Å². The van der Waals surface area contributed by atoms with Crippen LogP contribution in [0.3, 0.4) is 0 Å². The first-order valence-electron chi connectivity index (χ1n) is 6.79. The summed E-state index contributed by atoms with van der Waals surface area (Å²) in [5.74, 6) is 0.424. The van der Waals surface area contributed by atoms with Gasteiger partial charge in [-0.2, -0.15) is 0 Å². The Morgan fingerprint density at radius 1 is 1.26 bits per heavy atom. The Morgan fingerprint density at radius 2 is 1.89 bits per heavy atom. The van der Waals surface area contributed by atoms with Crippen molar-refractivity contribution in [3.05, 3.63) is 28.3 Å². The maximum absolute atomic E-state index is 11.3. The molecule has 0 saturated carbocycles. The fourth-order valence-corrected chi connectivity index (χ4v) is 2.13. The summed E-state index contributed by atoms with van der Waals surface area (Å²) in [6, 6.07) is 5.57. The highest BCUT2D eigenvalue weighted by molar-refractivity contribution is 5.76. The van der Waals surface area contributed by atoms with Crippen molar-refractivity contribution in [2.45, 2.75) is 40.2 Å². The van der Waals surface area contributed by atoms with E-state index < -0.39 is 0 Å².